The van der Waals surface area contributed by atoms with Gasteiger partial charge in [-0.2, -0.15) is 13.2 Å². The highest BCUT2D eigenvalue weighted by atomic mass is 19.4. The van der Waals surface area contributed by atoms with Crippen molar-refractivity contribution < 1.29 is 42.0 Å². The lowest BCUT2D eigenvalue weighted by Crippen LogP contribution is -2.52. The molecule has 0 saturated heterocycles. The van der Waals surface area contributed by atoms with Crippen molar-refractivity contribution in [2.45, 2.75) is 44.1 Å². The summed E-state index contributed by atoms with van der Waals surface area (Å²) in [5.41, 5.74) is 17.7. The van der Waals surface area contributed by atoms with Crippen LogP contribution in [-0.4, -0.2) is 79.6 Å². The fourth-order valence-electron chi connectivity index (χ4n) is 4.43. The van der Waals surface area contributed by atoms with Crippen LogP contribution in [-0.2, 0) is 25.2 Å². The normalized spacial score (nSPS) is 15.8. The third-order valence-corrected chi connectivity index (χ3v) is 6.78. The molecule has 3 amide bonds. The second-order valence-electron chi connectivity index (χ2n) is 9.96. The molecule has 0 spiro atoms. The molecule has 9 N–H and O–H groups in total. The van der Waals surface area contributed by atoms with Crippen LogP contribution in [0.2, 0.25) is 0 Å². The highest BCUT2D eigenvalue weighted by Gasteiger charge is 2.33. The summed E-state index contributed by atoms with van der Waals surface area (Å²) in [6, 6.07) is 6.14. The van der Waals surface area contributed by atoms with Crippen LogP contribution in [0.25, 0.3) is 0 Å². The predicted octanol–water partition coefficient (Wildman–Crippen LogP) is -0.160. The minimum absolute atomic E-state index is 0.0293. The quantitative estimate of drug-likeness (QED) is 0.158. The van der Waals surface area contributed by atoms with Gasteiger partial charge < -0.3 is 47.1 Å². The minimum Gasteiger partial charge on any atom is -0.491 e. The fourth-order valence-corrected chi connectivity index (χ4v) is 4.43. The number of rotatable bonds is 14. The number of benzene rings is 2. The van der Waals surface area contributed by atoms with E-state index in [1.807, 2.05) is 0 Å². The maximum absolute atomic E-state index is 13.2. The molecule has 0 fully saturated rings. The van der Waals surface area contributed by atoms with E-state index in [9.17, 15) is 32.6 Å². The second-order valence-corrected chi connectivity index (χ2v) is 9.96. The van der Waals surface area contributed by atoms with E-state index in [1.165, 1.54) is 11.0 Å². The number of nitrogens with two attached hydrogens (primary N) is 3. The van der Waals surface area contributed by atoms with E-state index in [1.54, 1.807) is 19.1 Å². The molecule has 16 heteroatoms. The first-order valence-electron chi connectivity index (χ1n) is 13.7. The van der Waals surface area contributed by atoms with Crippen molar-refractivity contribution in [3.05, 3.63) is 53.6 Å². The summed E-state index contributed by atoms with van der Waals surface area (Å²) in [5, 5.41) is 15.3. The Labute approximate surface area is 247 Å². The molecule has 0 aliphatic carbocycles. The number of nitrogens with one attached hydrogen (secondary N) is 2. The van der Waals surface area contributed by atoms with Crippen molar-refractivity contribution in [1.29, 1.82) is 0 Å². The molecule has 12 nitrogen and oxygen atoms in total. The molecule has 0 bridgehead atoms. The summed E-state index contributed by atoms with van der Waals surface area (Å²) >= 11 is 0. The van der Waals surface area contributed by atoms with E-state index in [-0.39, 0.29) is 43.7 Å². The van der Waals surface area contributed by atoms with Gasteiger partial charge in [0.25, 0.3) is 5.91 Å². The number of amides is 3. The largest absolute Gasteiger partial charge is 0.492 e. The molecule has 234 valence electrons. The molecule has 2 aromatic rings. The summed E-state index contributed by atoms with van der Waals surface area (Å²) in [4.78, 5) is 40.2. The number of ether oxygens (including phenoxy) is 1. The minimum atomic E-state index is -4.54. The third kappa shape index (κ3) is 9.40. The first-order valence-corrected chi connectivity index (χ1v) is 13.7. The molecule has 2 aromatic carbocycles. The van der Waals surface area contributed by atoms with Crippen molar-refractivity contribution >= 4 is 36.0 Å². The number of hydrogen-bond acceptors (Lipinski definition) is 9. The fraction of sp³-hybridized carbons (Fsp3) is 0.444. The van der Waals surface area contributed by atoms with Crippen LogP contribution >= 0.6 is 0 Å². The Morgan fingerprint density at radius 3 is 2.35 bits per heavy atom. The van der Waals surface area contributed by atoms with Crippen LogP contribution in [0.5, 0.6) is 5.75 Å². The molecule has 0 saturated carbocycles. The number of fused-ring (bicyclic) bond motifs is 1. The zero-order valence-electron chi connectivity index (χ0n) is 23.6. The zero-order chi connectivity index (χ0) is 31.7. The molecule has 0 radical (unpaired) electrons. The Balaban J connectivity index is 1.70. The molecule has 1 aliphatic heterocycles. The van der Waals surface area contributed by atoms with E-state index >= 15 is 0 Å². The van der Waals surface area contributed by atoms with Gasteiger partial charge in [0.05, 0.1) is 17.7 Å². The van der Waals surface area contributed by atoms with Gasteiger partial charge in [0, 0.05) is 38.3 Å². The molecule has 3 rings (SSSR count). The maximum Gasteiger partial charge on any atom is 0.492 e. The van der Waals surface area contributed by atoms with Crippen molar-refractivity contribution in [2.75, 3.05) is 38.1 Å². The summed E-state index contributed by atoms with van der Waals surface area (Å²) in [7, 11) is -1.17. The van der Waals surface area contributed by atoms with Crippen LogP contribution in [0.1, 0.15) is 37.0 Å². The van der Waals surface area contributed by atoms with Crippen molar-refractivity contribution in [2.24, 2.45) is 17.2 Å². The number of anilines is 1. The van der Waals surface area contributed by atoms with Gasteiger partial charge >= 0.3 is 13.3 Å². The molecular formula is C27H36BF3N6O6. The Bertz CT molecular complexity index is 1260. The van der Waals surface area contributed by atoms with Gasteiger partial charge in [-0.05, 0) is 60.8 Å². The van der Waals surface area contributed by atoms with Gasteiger partial charge in [-0.25, -0.2) is 0 Å². The number of carbonyl (C=O) groups is 3. The van der Waals surface area contributed by atoms with Gasteiger partial charge in [0.15, 0.2) is 0 Å². The van der Waals surface area contributed by atoms with Crippen LogP contribution in [0.15, 0.2) is 42.5 Å². The highest BCUT2D eigenvalue weighted by molar-refractivity contribution is 6.61. The Hall–Kier alpha value is -3.70. The second kappa shape index (κ2) is 15.2. The first-order chi connectivity index (χ1) is 20.3. The number of carbonyl (C=O) groups excluding carboxylic acids is 3. The monoisotopic (exact) mass is 608 g/mol. The van der Waals surface area contributed by atoms with Gasteiger partial charge in [-0.15, -0.1) is 0 Å². The van der Waals surface area contributed by atoms with E-state index in [4.69, 9.17) is 26.6 Å². The summed E-state index contributed by atoms with van der Waals surface area (Å²) in [6.45, 7) is 2.38. The number of alkyl halides is 3. The molecule has 3 unspecified atom stereocenters. The van der Waals surface area contributed by atoms with E-state index in [0.717, 1.165) is 29.8 Å². The Kier molecular flexibility index (Phi) is 11.9. The predicted molar refractivity (Wildman–Crippen MR) is 153 cm³/mol. The summed E-state index contributed by atoms with van der Waals surface area (Å²) in [5.74, 6) is -1.72. The Morgan fingerprint density at radius 1 is 1.09 bits per heavy atom. The summed E-state index contributed by atoms with van der Waals surface area (Å²) in [6.07, 6.45) is -4.98. The molecule has 3 atom stereocenters. The molecule has 0 aromatic heterocycles. The zero-order valence-corrected chi connectivity index (χ0v) is 23.6. The van der Waals surface area contributed by atoms with E-state index in [2.05, 4.69) is 10.6 Å². The first kappa shape index (κ1) is 33.8. The van der Waals surface area contributed by atoms with Crippen LogP contribution in [0, 0.1) is 0 Å². The van der Waals surface area contributed by atoms with Gasteiger partial charge in [-0.1, -0.05) is 6.07 Å². The average molecular weight is 608 g/mol. The van der Waals surface area contributed by atoms with E-state index < -0.39 is 49.4 Å². The SMILES string of the molecule is CC1OB(O)c2cc(NC(=O)C(COc3ccc(C(F)(F)F)cc3)NC(=O)C(N)CCC(=O)N(CCN)CCN)ccc21. The number of halogens is 3. The molecule has 1 heterocycles. The van der Waals surface area contributed by atoms with Gasteiger partial charge in [0.1, 0.15) is 18.4 Å². The molecular weight excluding hydrogens is 572 g/mol. The molecule has 43 heavy (non-hydrogen) atoms. The lowest BCUT2D eigenvalue weighted by Gasteiger charge is -2.23. The van der Waals surface area contributed by atoms with Crippen LogP contribution in [0.3, 0.4) is 0 Å². The number of hydrogen-bond donors (Lipinski definition) is 6. The third-order valence-electron chi connectivity index (χ3n) is 6.78. The van der Waals surface area contributed by atoms with E-state index in [0.29, 0.717) is 24.2 Å². The Morgan fingerprint density at radius 2 is 1.74 bits per heavy atom. The topological polar surface area (TPSA) is 195 Å². The highest BCUT2D eigenvalue weighted by Crippen LogP contribution is 2.30. The lowest BCUT2D eigenvalue weighted by molar-refractivity contribution is -0.137. The van der Waals surface area contributed by atoms with Crippen LogP contribution in [0.4, 0.5) is 18.9 Å². The van der Waals surface area contributed by atoms with Crippen molar-refractivity contribution in [1.82, 2.24) is 10.2 Å². The molecule has 1 aliphatic rings. The lowest BCUT2D eigenvalue weighted by atomic mass is 9.79. The van der Waals surface area contributed by atoms with Crippen molar-refractivity contribution in [3.63, 3.8) is 0 Å². The number of nitrogens with zero attached hydrogens (tertiary/aromatic N) is 1. The standard InChI is InChI=1S/C27H36BF3N6O6/c1-16-20-7-4-18(14-21(20)28(41)43-16)35-26(40)23(15-42-19-5-2-17(3-6-19)27(29,30)31)36-25(39)22(34)8-9-24(38)37(12-10-32)13-11-33/h2-7,14,16,22-23,41H,8-13,15,32-34H2,1H3,(H,35,40)(H,36,39). The maximum atomic E-state index is 13.2. The van der Waals surface area contributed by atoms with Crippen LogP contribution < -0.4 is 38.0 Å². The van der Waals surface area contributed by atoms with Crippen molar-refractivity contribution in [3.8, 4) is 5.75 Å². The van der Waals surface area contributed by atoms with Gasteiger partial charge in [0.2, 0.25) is 11.8 Å². The summed E-state index contributed by atoms with van der Waals surface area (Å²) < 4.78 is 49.6. The average Bonchev–Trinajstić information content (AvgIpc) is 3.25. The van der Waals surface area contributed by atoms with Gasteiger partial charge in [-0.3, -0.25) is 14.4 Å². The smallest absolute Gasteiger partial charge is 0.491 e.